The van der Waals surface area contributed by atoms with Crippen molar-refractivity contribution in [2.45, 2.75) is 26.7 Å². The SMILES string of the molecule is Cc1ccc(N(C)c2cccc3c2CCCN3)c(C)c1. The van der Waals surface area contributed by atoms with Crippen molar-refractivity contribution < 1.29 is 0 Å². The molecule has 2 aromatic carbocycles. The highest BCUT2D eigenvalue weighted by atomic mass is 15.1. The van der Waals surface area contributed by atoms with E-state index in [0.29, 0.717) is 0 Å². The van der Waals surface area contributed by atoms with Crippen LogP contribution >= 0.6 is 0 Å². The standard InChI is InChI=1S/C18H22N2/c1-13-9-10-17(14(2)12-13)20(3)18-8-4-7-16-15(18)6-5-11-19-16/h4,7-10,12,19H,5-6,11H2,1-3H3. The summed E-state index contributed by atoms with van der Waals surface area (Å²) < 4.78 is 0. The number of anilines is 3. The van der Waals surface area contributed by atoms with E-state index in [1.54, 1.807) is 0 Å². The molecule has 0 amide bonds. The predicted octanol–water partition coefficient (Wildman–Crippen LogP) is 4.43. The molecule has 0 spiro atoms. The fourth-order valence-electron chi connectivity index (χ4n) is 3.12. The minimum atomic E-state index is 1.09. The van der Waals surface area contributed by atoms with Gasteiger partial charge in [-0.05, 0) is 56.0 Å². The highest BCUT2D eigenvalue weighted by molar-refractivity contribution is 5.74. The zero-order valence-electron chi connectivity index (χ0n) is 12.5. The monoisotopic (exact) mass is 266 g/mol. The second-order valence-corrected chi connectivity index (χ2v) is 5.68. The molecule has 1 aliphatic heterocycles. The van der Waals surface area contributed by atoms with E-state index in [0.717, 1.165) is 13.0 Å². The summed E-state index contributed by atoms with van der Waals surface area (Å²) in [5.74, 6) is 0. The third-order valence-electron chi connectivity index (χ3n) is 4.15. The molecular weight excluding hydrogens is 244 g/mol. The van der Waals surface area contributed by atoms with Crippen LogP contribution in [0.25, 0.3) is 0 Å². The van der Waals surface area contributed by atoms with Crippen LogP contribution in [0.5, 0.6) is 0 Å². The predicted molar refractivity (Wildman–Crippen MR) is 87.2 cm³/mol. The summed E-state index contributed by atoms with van der Waals surface area (Å²) in [4.78, 5) is 2.32. The number of hydrogen-bond donors (Lipinski definition) is 1. The van der Waals surface area contributed by atoms with Gasteiger partial charge in [0.2, 0.25) is 0 Å². The number of benzene rings is 2. The highest BCUT2D eigenvalue weighted by Gasteiger charge is 2.16. The van der Waals surface area contributed by atoms with E-state index in [-0.39, 0.29) is 0 Å². The number of fused-ring (bicyclic) bond motifs is 1. The molecule has 1 heterocycles. The lowest BCUT2D eigenvalue weighted by Gasteiger charge is -2.28. The molecule has 0 fully saturated rings. The Balaban J connectivity index is 2.04. The van der Waals surface area contributed by atoms with Gasteiger partial charge in [0.05, 0.1) is 0 Å². The zero-order chi connectivity index (χ0) is 14.1. The van der Waals surface area contributed by atoms with E-state index in [1.165, 1.54) is 40.2 Å². The van der Waals surface area contributed by atoms with Gasteiger partial charge in [-0.3, -0.25) is 0 Å². The summed E-state index contributed by atoms with van der Waals surface area (Å²) in [5.41, 5.74) is 7.99. The van der Waals surface area contributed by atoms with Crippen LogP contribution in [0.2, 0.25) is 0 Å². The van der Waals surface area contributed by atoms with Gasteiger partial charge >= 0.3 is 0 Å². The van der Waals surface area contributed by atoms with Crippen molar-refractivity contribution >= 4 is 17.1 Å². The van der Waals surface area contributed by atoms with Crippen LogP contribution < -0.4 is 10.2 Å². The van der Waals surface area contributed by atoms with Gasteiger partial charge in [-0.15, -0.1) is 0 Å². The molecule has 1 aliphatic rings. The largest absolute Gasteiger partial charge is 0.385 e. The molecule has 104 valence electrons. The third-order valence-corrected chi connectivity index (χ3v) is 4.15. The molecule has 2 heteroatoms. The van der Waals surface area contributed by atoms with Gasteiger partial charge < -0.3 is 10.2 Å². The Kier molecular flexibility index (Phi) is 3.39. The Morgan fingerprint density at radius 3 is 2.70 bits per heavy atom. The van der Waals surface area contributed by atoms with E-state index in [2.05, 4.69) is 67.5 Å². The lowest BCUT2D eigenvalue weighted by atomic mass is 10.00. The summed E-state index contributed by atoms with van der Waals surface area (Å²) in [5, 5.41) is 3.51. The number of aryl methyl sites for hydroxylation is 2. The maximum Gasteiger partial charge on any atom is 0.0461 e. The van der Waals surface area contributed by atoms with Gasteiger partial charge in [-0.25, -0.2) is 0 Å². The molecule has 0 atom stereocenters. The number of hydrogen-bond acceptors (Lipinski definition) is 2. The molecule has 0 saturated heterocycles. The molecule has 0 aliphatic carbocycles. The van der Waals surface area contributed by atoms with Gasteiger partial charge in [0, 0.05) is 30.7 Å². The van der Waals surface area contributed by atoms with Gasteiger partial charge in [-0.2, -0.15) is 0 Å². The minimum Gasteiger partial charge on any atom is -0.385 e. The molecule has 0 unspecified atom stereocenters. The van der Waals surface area contributed by atoms with E-state index in [4.69, 9.17) is 0 Å². The Morgan fingerprint density at radius 1 is 1.05 bits per heavy atom. The molecule has 0 aromatic heterocycles. The number of nitrogens with one attached hydrogen (secondary N) is 1. The topological polar surface area (TPSA) is 15.3 Å². The first-order valence-corrected chi connectivity index (χ1v) is 7.33. The Labute approximate surface area is 121 Å². The Hall–Kier alpha value is -1.96. The fourth-order valence-corrected chi connectivity index (χ4v) is 3.12. The molecule has 1 N–H and O–H groups in total. The summed E-state index contributed by atoms with van der Waals surface area (Å²) >= 11 is 0. The molecule has 20 heavy (non-hydrogen) atoms. The first-order valence-electron chi connectivity index (χ1n) is 7.33. The first-order chi connectivity index (χ1) is 9.66. The van der Waals surface area contributed by atoms with Crippen molar-refractivity contribution in [1.29, 1.82) is 0 Å². The van der Waals surface area contributed by atoms with Crippen LogP contribution in [-0.2, 0) is 6.42 Å². The molecule has 0 bridgehead atoms. The quantitative estimate of drug-likeness (QED) is 0.865. The smallest absolute Gasteiger partial charge is 0.0461 e. The van der Waals surface area contributed by atoms with Crippen LogP contribution in [0.4, 0.5) is 17.1 Å². The van der Waals surface area contributed by atoms with Gasteiger partial charge in [0.25, 0.3) is 0 Å². The Morgan fingerprint density at radius 2 is 1.90 bits per heavy atom. The molecule has 0 saturated carbocycles. The van der Waals surface area contributed by atoms with Gasteiger partial charge in [0.15, 0.2) is 0 Å². The van der Waals surface area contributed by atoms with Crippen LogP contribution in [0, 0.1) is 13.8 Å². The Bertz CT molecular complexity index is 631. The van der Waals surface area contributed by atoms with Crippen LogP contribution in [-0.4, -0.2) is 13.6 Å². The second kappa shape index (κ2) is 5.20. The minimum absolute atomic E-state index is 1.09. The van der Waals surface area contributed by atoms with Crippen LogP contribution in [0.3, 0.4) is 0 Å². The average molecular weight is 266 g/mol. The molecular formula is C18H22N2. The maximum absolute atomic E-state index is 3.51. The average Bonchev–Trinajstić information content (AvgIpc) is 2.46. The summed E-state index contributed by atoms with van der Waals surface area (Å²) in [6.07, 6.45) is 2.37. The lowest BCUT2D eigenvalue weighted by molar-refractivity contribution is 0.828. The van der Waals surface area contributed by atoms with E-state index in [1.807, 2.05) is 0 Å². The van der Waals surface area contributed by atoms with Crippen molar-refractivity contribution in [1.82, 2.24) is 0 Å². The van der Waals surface area contributed by atoms with E-state index < -0.39 is 0 Å². The highest BCUT2D eigenvalue weighted by Crippen LogP contribution is 2.35. The summed E-state index contributed by atoms with van der Waals surface area (Å²) in [7, 11) is 2.17. The van der Waals surface area contributed by atoms with Crippen molar-refractivity contribution in [2.24, 2.45) is 0 Å². The second-order valence-electron chi connectivity index (χ2n) is 5.68. The molecule has 2 nitrogen and oxygen atoms in total. The fraction of sp³-hybridized carbons (Fsp3) is 0.333. The van der Waals surface area contributed by atoms with Gasteiger partial charge in [-0.1, -0.05) is 23.8 Å². The normalized spacial score (nSPS) is 13.6. The first kappa shape index (κ1) is 13.0. The zero-order valence-corrected chi connectivity index (χ0v) is 12.5. The van der Waals surface area contributed by atoms with Crippen molar-refractivity contribution in [2.75, 3.05) is 23.8 Å². The lowest BCUT2D eigenvalue weighted by Crippen LogP contribution is -2.18. The maximum atomic E-state index is 3.51. The summed E-state index contributed by atoms with van der Waals surface area (Å²) in [6, 6.07) is 13.2. The van der Waals surface area contributed by atoms with E-state index in [9.17, 15) is 0 Å². The van der Waals surface area contributed by atoms with Crippen molar-refractivity contribution in [3.8, 4) is 0 Å². The van der Waals surface area contributed by atoms with Crippen molar-refractivity contribution in [3.63, 3.8) is 0 Å². The third kappa shape index (κ3) is 2.26. The van der Waals surface area contributed by atoms with Crippen LogP contribution in [0.1, 0.15) is 23.1 Å². The number of nitrogens with zero attached hydrogens (tertiary/aromatic N) is 1. The molecule has 0 radical (unpaired) electrons. The van der Waals surface area contributed by atoms with Crippen LogP contribution in [0.15, 0.2) is 36.4 Å². The van der Waals surface area contributed by atoms with E-state index >= 15 is 0 Å². The van der Waals surface area contributed by atoms with Gasteiger partial charge in [0.1, 0.15) is 0 Å². The van der Waals surface area contributed by atoms with Crippen molar-refractivity contribution in [3.05, 3.63) is 53.1 Å². The number of rotatable bonds is 2. The summed E-state index contributed by atoms with van der Waals surface area (Å²) in [6.45, 7) is 5.42. The molecule has 2 aromatic rings. The molecule has 3 rings (SSSR count).